The second kappa shape index (κ2) is 3.68. The summed E-state index contributed by atoms with van der Waals surface area (Å²) >= 11 is 0. The molecule has 2 rings (SSSR count). The standard InChI is InChI=1S/C8H10N4O3/c1-15-6(13)2-5-3-12-8(9-4-10-12)11-7(5)14/h4-5H,2-3H2,1H3,(H,9,10,11,14)/t5-/m0/s1. The minimum absolute atomic E-state index is 0.0572. The highest BCUT2D eigenvalue weighted by atomic mass is 16.5. The fourth-order valence-electron chi connectivity index (χ4n) is 1.44. The molecule has 0 radical (unpaired) electrons. The van der Waals surface area contributed by atoms with Gasteiger partial charge in [0.1, 0.15) is 6.33 Å². The number of carbonyl (C=O) groups excluding carboxylic acids is 2. The average molecular weight is 210 g/mol. The third-order valence-corrected chi connectivity index (χ3v) is 2.26. The van der Waals surface area contributed by atoms with Gasteiger partial charge in [0, 0.05) is 0 Å². The van der Waals surface area contributed by atoms with Crippen molar-refractivity contribution in [2.24, 2.45) is 5.92 Å². The first-order valence-corrected chi connectivity index (χ1v) is 4.46. The van der Waals surface area contributed by atoms with Crippen molar-refractivity contribution in [2.45, 2.75) is 13.0 Å². The molecule has 0 aliphatic carbocycles. The summed E-state index contributed by atoms with van der Waals surface area (Å²) in [5, 5.41) is 6.48. The second-order valence-corrected chi connectivity index (χ2v) is 3.23. The van der Waals surface area contributed by atoms with Crippen LogP contribution in [0.3, 0.4) is 0 Å². The number of amides is 1. The number of carbonyl (C=O) groups is 2. The molecule has 80 valence electrons. The molecule has 0 fully saturated rings. The van der Waals surface area contributed by atoms with Gasteiger partial charge < -0.3 is 4.74 Å². The van der Waals surface area contributed by atoms with Crippen LogP contribution in [-0.2, 0) is 20.9 Å². The van der Waals surface area contributed by atoms with Gasteiger partial charge in [-0.25, -0.2) is 4.68 Å². The molecule has 0 spiro atoms. The van der Waals surface area contributed by atoms with Gasteiger partial charge in [-0.1, -0.05) is 0 Å². The minimum atomic E-state index is -0.438. The third-order valence-electron chi connectivity index (χ3n) is 2.26. The maximum absolute atomic E-state index is 11.5. The summed E-state index contributed by atoms with van der Waals surface area (Å²) in [7, 11) is 1.30. The number of nitrogens with one attached hydrogen (secondary N) is 1. The summed E-state index contributed by atoms with van der Waals surface area (Å²) in [6.07, 6.45) is 1.41. The van der Waals surface area contributed by atoms with E-state index in [1.807, 2.05) is 0 Å². The van der Waals surface area contributed by atoms with E-state index in [9.17, 15) is 9.59 Å². The van der Waals surface area contributed by atoms with Crippen LogP contribution in [0, 0.1) is 5.92 Å². The van der Waals surface area contributed by atoms with Crippen LogP contribution in [0.2, 0.25) is 0 Å². The molecule has 0 bridgehead atoms. The first-order valence-electron chi connectivity index (χ1n) is 4.46. The lowest BCUT2D eigenvalue weighted by Gasteiger charge is -2.20. The molecule has 1 aliphatic heterocycles. The topological polar surface area (TPSA) is 86.1 Å². The molecule has 1 aromatic rings. The van der Waals surface area contributed by atoms with Crippen LogP contribution in [0.5, 0.6) is 0 Å². The van der Waals surface area contributed by atoms with Crippen LogP contribution < -0.4 is 5.32 Å². The molecule has 15 heavy (non-hydrogen) atoms. The lowest BCUT2D eigenvalue weighted by atomic mass is 10.0. The Balaban J connectivity index is 2.10. The van der Waals surface area contributed by atoms with Gasteiger partial charge in [0.15, 0.2) is 0 Å². The molecule has 7 nitrogen and oxygen atoms in total. The van der Waals surface area contributed by atoms with E-state index in [2.05, 4.69) is 20.1 Å². The van der Waals surface area contributed by atoms with Crippen molar-refractivity contribution in [3.63, 3.8) is 0 Å². The Labute approximate surface area is 85.4 Å². The highest BCUT2D eigenvalue weighted by Crippen LogP contribution is 2.17. The number of methoxy groups -OCH3 is 1. The Morgan fingerprint density at radius 2 is 2.60 bits per heavy atom. The van der Waals surface area contributed by atoms with Gasteiger partial charge in [0.05, 0.1) is 26.0 Å². The van der Waals surface area contributed by atoms with E-state index in [0.29, 0.717) is 12.5 Å². The zero-order valence-corrected chi connectivity index (χ0v) is 8.14. The van der Waals surface area contributed by atoms with Gasteiger partial charge in [-0.3, -0.25) is 14.9 Å². The Kier molecular flexibility index (Phi) is 2.36. The molecule has 7 heteroatoms. The molecule has 1 amide bonds. The Hall–Kier alpha value is -1.92. The van der Waals surface area contributed by atoms with Crippen LogP contribution in [0.25, 0.3) is 0 Å². The largest absolute Gasteiger partial charge is 0.469 e. The van der Waals surface area contributed by atoms with E-state index in [1.54, 1.807) is 4.68 Å². The number of ether oxygens (including phenoxy) is 1. The third kappa shape index (κ3) is 1.80. The van der Waals surface area contributed by atoms with Crippen molar-refractivity contribution in [3.8, 4) is 0 Å². The van der Waals surface area contributed by atoms with Crippen molar-refractivity contribution >= 4 is 17.8 Å². The highest BCUT2D eigenvalue weighted by molar-refractivity contribution is 5.94. The number of fused-ring (bicyclic) bond motifs is 1. The predicted octanol–water partition coefficient (Wildman–Crippen LogP) is -0.591. The molecule has 0 aromatic carbocycles. The SMILES string of the molecule is COC(=O)C[C@H]1Cn2ncnc2NC1=O. The van der Waals surface area contributed by atoms with Crippen molar-refractivity contribution in [1.29, 1.82) is 0 Å². The predicted molar refractivity (Wildman–Crippen MR) is 48.8 cm³/mol. The van der Waals surface area contributed by atoms with Crippen molar-refractivity contribution in [2.75, 3.05) is 12.4 Å². The van der Waals surface area contributed by atoms with Crippen LogP contribution in [0.1, 0.15) is 6.42 Å². The lowest BCUT2D eigenvalue weighted by Crippen LogP contribution is -2.35. The van der Waals surface area contributed by atoms with Crippen molar-refractivity contribution in [3.05, 3.63) is 6.33 Å². The molecule has 1 aromatic heterocycles. The molecular weight excluding hydrogens is 200 g/mol. The smallest absolute Gasteiger partial charge is 0.306 e. The summed E-state index contributed by atoms with van der Waals surface area (Å²) < 4.78 is 6.06. The molecule has 1 atom stereocenters. The first-order chi connectivity index (χ1) is 7.20. The maximum Gasteiger partial charge on any atom is 0.306 e. The zero-order valence-electron chi connectivity index (χ0n) is 8.14. The summed E-state index contributed by atoms with van der Waals surface area (Å²) in [4.78, 5) is 26.4. The number of esters is 1. The number of hydrogen-bond acceptors (Lipinski definition) is 5. The lowest BCUT2D eigenvalue weighted by molar-refractivity contribution is -0.143. The normalized spacial score (nSPS) is 19.3. The van der Waals surface area contributed by atoms with Gasteiger partial charge in [-0.2, -0.15) is 10.1 Å². The number of hydrogen-bond donors (Lipinski definition) is 1. The second-order valence-electron chi connectivity index (χ2n) is 3.23. The number of aromatic nitrogens is 3. The van der Waals surface area contributed by atoms with Crippen molar-refractivity contribution in [1.82, 2.24) is 14.8 Å². The Bertz CT molecular complexity index is 400. The van der Waals surface area contributed by atoms with Gasteiger partial charge >= 0.3 is 5.97 Å². The summed E-state index contributed by atoms with van der Waals surface area (Å²) in [6, 6.07) is 0. The first kappa shape index (κ1) is 9.63. The summed E-state index contributed by atoms with van der Waals surface area (Å²) in [5.74, 6) is -0.646. The molecule has 2 heterocycles. The van der Waals surface area contributed by atoms with Crippen molar-refractivity contribution < 1.29 is 14.3 Å². The molecular formula is C8H10N4O3. The van der Waals surface area contributed by atoms with Gasteiger partial charge in [0.2, 0.25) is 11.9 Å². The fraction of sp³-hybridized carbons (Fsp3) is 0.500. The Morgan fingerprint density at radius 3 is 3.33 bits per heavy atom. The fourth-order valence-corrected chi connectivity index (χ4v) is 1.44. The average Bonchev–Trinajstić information content (AvgIpc) is 2.65. The Morgan fingerprint density at radius 1 is 1.80 bits per heavy atom. The quantitative estimate of drug-likeness (QED) is 0.659. The minimum Gasteiger partial charge on any atom is -0.469 e. The van der Waals surface area contributed by atoms with Crippen LogP contribution in [0.15, 0.2) is 6.33 Å². The monoisotopic (exact) mass is 210 g/mol. The summed E-state index contributed by atoms with van der Waals surface area (Å²) in [5.41, 5.74) is 0. The van der Waals surface area contributed by atoms with Gasteiger partial charge in [-0.15, -0.1) is 0 Å². The highest BCUT2D eigenvalue weighted by Gasteiger charge is 2.29. The zero-order chi connectivity index (χ0) is 10.8. The number of rotatable bonds is 2. The van der Waals surface area contributed by atoms with E-state index in [4.69, 9.17) is 0 Å². The van der Waals surface area contributed by atoms with E-state index < -0.39 is 11.9 Å². The van der Waals surface area contributed by atoms with Crippen LogP contribution in [0.4, 0.5) is 5.95 Å². The van der Waals surface area contributed by atoms with Gasteiger partial charge in [0.25, 0.3) is 0 Å². The maximum atomic E-state index is 11.5. The van der Waals surface area contributed by atoms with Crippen LogP contribution in [-0.4, -0.2) is 33.8 Å². The summed E-state index contributed by atoms with van der Waals surface area (Å²) in [6.45, 7) is 0.357. The number of anilines is 1. The van der Waals surface area contributed by atoms with E-state index in [1.165, 1.54) is 13.4 Å². The molecule has 0 unspecified atom stereocenters. The molecule has 0 saturated carbocycles. The van der Waals surface area contributed by atoms with E-state index in [-0.39, 0.29) is 12.3 Å². The number of nitrogens with zero attached hydrogens (tertiary/aromatic N) is 3. The molecule has 1 N–H and O–H groups in total. The molecule has 1 aliphatic rings. The molecule has 0 saturated heterocycles. The van der Waals surface area contributed by atoms with E-state index in [0.717, 1.165) is 0 Å². The van der Waals surface area contributed by atoms with Gasteiger partial charge in [-0.05, 0) is 0 Å². The van der Waals surface area contributed by atoms with Crippen LogP contribution >= 0.6 is 0 Å². The van der Waals surface area contributed by atoms with E-state index >= 15 is 0 Å².